The van der Waals surface area contributed by atoms with Gasteiger partial charge in [-0.1, -0.05) is 48.1 Å². The van der Waals surface area contributed by atoms with Crippen molar-refractivity contribution in [2.75, 3.05) is 0 Å². The molecule has 2 nitrogen and oxygen atoms in total. The molecule has 2 rings (SSSR count). The molecule has 0 fully saturated rings. The Morgan fingerprint density at radius 1 is 1.31 bits per heavy atom. The van der Waals surface area contributed by atoms with Gasteiger partial charge < -0.3 is 10.2 Å². The molecule has 0 saturated carbocycles. The summed E-state index contributed by atoms with van der Waals surface area (Å²) in [6.07, 6.45) is 4.36. The maximum atomic E-state index is 10.1. The lowest BCUT2D eigenvalue weighted by atomic mass is 9.84. The molecular weight excluding hydrogens is 200 g/mol. The monoisotopic (exact) mass is 216 g/mol. The van der Waals surface area contributed by atoms with Crippen LogP contribution in [-0.2, 0) is 0 Å². The molecule has 84 valence electrons. The molecule has 0 saturated heterocycles. The van der Waals surface area contributed by atoms with E-state index in [4.69, 9.17) is 0 Å². The van der Waals surface area contributed by atoms with Crippen LogP contribution in [-0.4, -0.2) is 21.9 Å². The van der Waals surface area contributed by atoms with Crippen LogP contribution < -0.4 is 0 Å². The Morgan fingerprint density at radius 2 is 2.06 bits per heavy atom. The van der Waals surface area contributed by atoms with Gasteiger partial charge >= 0.3 is 0 Å². The van der Waals surface area contributed by atoms with Crippen LogP contribution >= 0.6 is 0 Å². The Balaban J connectivity index is 2.42. The quantitative estimate of drug-likeness (QED) is 0.754. The second-order valence-electron chi connectivity index (χ2n) is 4.48. The smallest absolute Gasteiger partial charge is 0.112 e. The molecule has 2 heteroatoms. The highest BCUT2D eigenvalue weighted by Gasteiger charge is 2.32. The summed E-state index contributed by atoms with van der Waals surface area (Å²) >= 11 is 0. The second kappa shape index (κ2) is 3.89. The Bertz CT molecular complexity index is 456. The molecule has 0 amide bonds. The number of aliphatic hydroxyl groups is 2. The first-order valence-electron chi connectivity index (χ1n) is 5.37. The van der Waals surface area contributed by atoms with Crippen molar-refractivity contribution in [3.63, 3.8) is 0 Å². The molecule has 0 bridgehead atoms. The lowest BCUT2D eigenvalue weighted by molar-refractivity contribution is 0.00484. The van der Waals surface area contributed by atoms with Crippen LogP contribution in [0.1, 0.15) is 18.1 Å². The third-order valence-electron chi connectivity index (χ3n) is 2.91. The Kier molecular flexibility index (Phi) is 2.70. The summed E-state index contributed by atoms with van der Waals surface area (Å²) in [4.78, 5) is 0. The van der Waals surface area contributed by atoms with E-state index in [9.17, 15) is 10.2 Å². The summed E-state index contributed by atoms with van der Waals surface area (Å²) < 4.78 is 0. The maximum absolute atomic E-state index is 10.1. The van der Waals surface area contributed by atoms with E-state index in [1.54, 1.807) is 19.1 Å². The average molecular weight is 216 g/mol. The molecule has 16 heavy (non-hydrogen) atoms. The highest BCUT2D eigenvalue weighted by molar-refractivity contribution is 5.73. The van der Waals surface area contributed by atoms with Gasteiger partial charge in [-0.15, -0.1) is 0 Å². The van der Waals surface area contributed by atoms with Gasteiger partial charge in [0.1, 0.15) is 11.7 Å². The van der Waals surface area contributed by atoms with Gasteiger partial charge in [-0.05, 0) is 25.0 Å². The zero-order valence-electron chi connectivity index (χ0n) is 9.51. The van der Waals surface area contributed by atoms with Crippen molar-refractivity contribution in [3.8, 4) is 0 Å². The number of hydrogen-bond donors (Lipinski definition) is 2. The molecule has 1 aliphatic carbocycles. The number of aliphatic hydroxyl groups excluding tert-OH is 1. The molecule has 0 spiro atoms. The number of benzene rings is 1. The van der Waals surface area contributed by atoms with Crippen LogP contribution in [0.15, 0.2) is 42.5 Å². The normalized spacial score (nSPS) is 29.0. The number of aryl methyl sites for hydroxylation is 1. The van der Waals surface area contributed by atoms with E-state index in [2.05, 4.69) is 0 Å². The molecule has 2 unspecified atom stereocenters. The van der Waals surface area contributed by atoms with Gasteiger partial charge in [-0.2, -0.15) is 0 Å². The van der Waals surface area contributed by atoms with Crippen molar-refractivity contribution >= 4 is 5.57 Å². The van der Waals surface area contributed by atoms with E-state index in [1.165, 1.54) is 0 Å². The molecule has 0 heterocycles. The Morgan fingerprint density at radius 3 is 2.75 bits per heavy atom. The predicted molar refractivity (Wildman–Crippen MR) is 64.9 cm³/mol. The van der Waals surface area contributed by atoms with Crippen molar-refractivity contribution in [2.45, 2.75) is 25.6 Å². The molecule has 0 radical (unpaired) electrons. The van der Waals surface area contributed by atoms with Gasteiger partial charge in [-0.25, -0.2) is 0 Å². The van der Waals surface area contributed by atoms with Crippen molar-refractivity contribution in [1.29, 1.82) is 0 Å². The fourth-order valence-corrected chi connectivity index (χ4v) is 1.92. The number of hydrogen-bond acceptors (Lipinski definition) is 2. The zero-order chi connectivity index (χ0) is 11.8. The van der Waals surface area contributed by atoms with Gasteiger partial charge in [0, 0.05) is 0 Å². The topological polar surface area (TPSA) is 40.5 Å². The van der Waals surface area contributed by atoms with Crippen molar-refractivity contribution in [2.24, 2.45) is 0 Å². The van der Waals surface area contributed by atoms with Crippen LogP contribution in [0.2, 0.25) is 0 Å². The van der Waals surface area contributed by atoms with Crippen LogP contribution in [0.25, 0.3) is 5.57 Å². The molecule has 2 atom stereocenters. The highest BCUT2D eigenvalue weighted by atomic mass is 16.3. The summed E-state index contributed by atoms with van der Waals surface area (Å²) in [5.41, 5.74) is 1.67. The zero-order valence-corrected chi connectivity index (χ0v) is 9.51. The van der Waals surface area contributed by atoms with Crippen LogP contribution in [0, 0.1) is 6.92 Å². The standard InChI is InChI=1S/C14H16O2/c1-10-5-3-6-11(9-10)12-7-4-8-14(2,16)13(12)15/h3-9,13,15-16H,1-2H3. The Labute approximate surface area is 95.6 Å². The summed E-state index contributed by atoms with van der Waals surface area (Å²) in [7, 11) is 0. The minimum atomic E-state index is -1.19. The van der Waals surface area contributed by atoms with Crippen LogP contribution in [0.4, 0.5) is 0 Å². The molecule has 2 N–H and O–H groups in total. The van der Waals surface area contributed by atoms with E-state index in [0.29, 0.717) is 0 Å². The van der Waals surface area contributed by atoms with Gasteiger partial charge in [-0.3, -0.25) is 0 Å². The molecule has 1 aromatic carbocycles. The lowest BCUT2D eigenvalue weighted by Gasteiger charge is -2.30. The largest absolute Gasteiger partial charge is 0.385 e. The fourth-order valence-electron chi connectivity index (χ4n) is 1.92. The van der Waals surface area contributed by atoms with Gasteiger partial charge in [0.25, 0.3) is 0 Å². The molecule has 1 aromatic rings. The highest BCUT2D eigenvalue weighted by Crippen LogP contribution is 2.30. The number of rotatable bonds is 1. The summed E-state index contributed by atoms with van der Waals surface area (Å²) in [6, 6.07) is 7.90. The summed E-state index contributed by atoms with van der Waals surface area (Å²) in [6.45, 7) is 3.62. The van der Waals surface area contributed by atoms with E-state index in [0.717, 1.165) is 16.7 Å². The molecule has 0 aliphatic heterocycles. The van der Waals surface area contributed by atoms with Crippen LogP contribution in [0.3, 0.4) is 0 Å². The first kappa shape index (κ1) is 11.1. The van der Waals surface area contributed by atoms with E-state index in [-0.39, 0.29) is 0 Å². The molecule has 1 aliphatic rings. The first-order valence-corrected chi connectivity index (χ1v) is 5.37. The van der Waals surface area contributed by atoms with E-state index >= 15 is 0 Å². The van der Waals surface area contributed by atoms with Crippen molar-refractivity contribution in [1.82, 2.24) is 0 Å². The van der Waals surface area contributed by atoms with Gasteiger partial charge in [0.05, 0.1) is 0 Å². The molecular formula is C14H16O2. The van der Waals surface area contributed by atoms with Gasteiger partial charge in [0.15, 0.2) is 0 Å². The second-order valence-corrected chi connectivity index (χ2v) is 4.48. The lowest BCUT2D eigenvalue weighted by Crippen LogP contribution is -2.39. The minimum Gasteiger partial charge on any atom is -0.385 e. The van der Waals surface area contributed by atoms with Gasteiger partial charge in [0.2, 0.25) is 0 Å². The number of allylic oxidation sites excluding steroid dienone is 2. The van der Waals surface area contributed by atoms with Crippen LogP contribution in [0.5, 0.6) is 0 Å². The summed E-state index contributed by atoms with van der Waals surface area (Å²) in [5, 5.41) is 20.0. The SMILES string of the molecule is Cc1cccc(C2=CC=CC(C)(O)C2O)c1. The van der Waals surface area contributed by atoms with Crippen molar-refractivity contribution < 1.29 is 10.2 Å². The third-order valence-corrected chi connectivity index (χ3v) is 2.91. The average Bonchev–Trinajstić information content (AvgIpc) is 2.22. The fraction of sp³-hybridized carbons (Fsp3) is 0.286. The third kappa shape index (κ3) is 1.94. The maximum Gasteiger partial charge on any atom is 0.112 e. The first-order chi connectivity index (χ1) is 7.50. The predicted octanol–water partition coefficient (Wildman–Crippen LogP) is 2.06. The van der Waals surface area contributed by atoms with Crippen molar-refractivity contribution in [3.05, 3.63) is 53.6 Å². The van der Waals surface area contributed by atoms with E-state index < -0.39 is 11.7 Å². The minimum absolute atomic E-state index is 0.760. The molecule has 0 aromatic heterocycles. The Hall–Kier alpha value is -1.38. The van der Waals surface area contributed by atoms with E-state index in [1.807, 2.05) is 37.3 Å². The summed E-state index contributed by atoms with van der Waals surface area (Å²) in [5.74, 6) is 0.